The zero-order valence-electron chi connectivity index (χ0n) is 15.8. The third kappa shape index (κ3) is 4.43. The second-order valence-corrected chi connectivity index (χ2v) is 7.29. The van der Waals surface area contributed by atoms with Gasteiger partial charge in [-0.1, -0.05) is 32.0 Å². The Balaban J connectivity index is 1.60. The number of para-hydroxylation sites is 1. The molecule has 1 fully saturated rings. The number of ether oxygens (including phenoxy) is 1. The van der Waals surface area contributed by atoms with Crippen molar-refractivity contribution in [3.8, 4) is 11.4 Å². The average Bonchev–Trinajstić information content (AvgIpc) is 3.06. The van der Waals surface area contributed by atoms with E-state index in [2.05, 4.69) is 29.2 Å². The maximum absolute atomic E-state index is 12.6. The highest BCUT2D eigenvalue weighted by Crippen LogP contribution is 2.21. The van der Waals surface area contributed by atoms with Crippen molar-refractivity contribution in [1.29, 1.82) is 0 Å². The molecular weight excluding hydrogens is 328 g/mol. The molecule has 1 aromatic carbocycles. The van der Waals surface area contributed by atoms with Crippen LogP contribution in [0.2, 0.25) is 0 Å². The lowest BCUT2D eigenvalue weighted by Crippen LogP contribution is -2.43. The Hall–Kier alpha value is -2.34. The molecule has 3 rings (SSSR count). The van der Waals surface area contributed by atoms with Crippen LogP contribution in [0.3, 0.4) is 0 Å². The van der Waals surface area contributed by atoms with E-state index in [-0.39, 0.29) is 5.91 Å². The van der Waals surface area contributed by atoms with Gasteiger partial charge in [-0.15, -0.1) is 0 Å². The number of amides is 1. The van der Waals surface area contributed by atoms with E-state index in [0.29, 0.717) is 18.0 Å². The summed E-state index contributed by atoms with van der Waals surface area (Å²) in [7, 11) is 1.56. The number of aromatic nitrogens is 2. The molecule has 6 heteroatoms. The van der Waals surface area contributed by atoms with Gasteiger partial charge in [0.25, 0.3) is 5.91 Å². The minimum absolute atomic E-state index is 0.199. The van der Waals surface area contributed by atoms with Crippen molar-refractivity contribution >= 4 is 5.91 Å². The minimum Gasteiger partial charge on any atom is -0.493 e. The zero-order valence-corrected chi connectivity index (χ0v) is 15.8. The quantitative estimate of drug-likeness (QED) is 0.864. The summed E-state index contributed by atoms with van der Waals surface area (Å²) in [6.07, 6.45) is 3.02. The topological polar surface area (TPSA) is 59.4 Å². The van der Waals surface area contributed by atoms with E-state index in [9.17, 15) is 4.79 Å². The molecule has 2 atom stereocenters. The molecule has 1 N–H and O–H groups in total. The summed E-state index contributed by atoms with van der Waals surface area (Å²) in [5, 5.41) is 7.39. The van der Waals surface area contributed by atoms with Crippen LogP contribution in [0, 0.1) is 11.8 Å². The molecular formula is C20H28N4O2. The molecule has 0 bridgehead atoms. The second kappa shape index (κ2) is 8.36. The highest BCUT2D eigenvalue weighted by Gasteiger charge is 2.22. The summed E-state index contributed by atoms with van der Waals surface area (Å²) in [6.45, 7) is 8.27. The predicted molar refractivity (Wildman–Crippen MR) is 102 cm³/mol. The van der Waals surface area contributed by atoms with Crippen LogP contribution < -0.4 is 10.1 Å². The number of rotatable bonds is 6. The zero-order chi connectivity index (χ0) is 18.5. The van der Waals surface area contributed by atoms with Crippen LogP contribution in [-0.4, -0.2) is 53.9 Å². The number of carbonyl (C=O) groups excluding carboxylic acids is 1. The first kappa shape index (κ1) is 18.5. The molecule has 2 aromatic rings. The molecule has 0 spiro atoms. The third-order valence-electron chi connectivity index (χ3n) is 4.79. The molecule has 0 saturated carbocycles. The first-order chi connectivity index (χ1) is 12.6. The largest absolute Gasteiger partial charge is 0.493 e. The summed E-state index contributed by atoms with van der Waals surface area (Å²) in [5.74, 6) is 1.72. The summed E-state index contributed by atoms with van der Waals surface area (Å²) in [6, 6.07) is 9.69. The number of likely N-dealkylation sites (tertiary alicyclic amines) is 1. The number of hydrogen-bond donors (Lipinski definition) is 1. The Labute approximate surface area is 155 Å². The maximum Gasteiger partial charge on any atom is 0.275 e. The van der Waals surface area contributed by atoms with Crippen molar-refractivity contribution in [1.82, 2.24) is 20.0 Å². The van der Waals surface area contributed by atoms with Crippen molar-refractivity contribution in [2.45, 2.75) is 20.3 Å². The van der Waals surface area contributed by atoms with E-state index >= 15 is 0 Å². The van der Waals surface area contributed by atoms with Crippen molar-refractivity contribution in [2.75, 3.05) is 33.3 Å². The standard InChI is InChI=1S/C20H28N4O2/c1-15-11-16(2)13-23(12-15)10-9-21-20(25)19-18(26-3)14-24(22-19)17-7-5-4-6-8-17/h4-8,14-16H,9-13H2,1-3H3,(H,21,25)/t15-,16-/m0/s1. The van der Waals surface area contributed by atoms with Gasteiger partial charge in [-0.2, -0.15) is 5.10 Å². The monoisotopic (exact) mass is 356 g/mol. The van der Waals surface area contributed by atoms with Gasteiger partial charge in [0.2, 0.25) is 0 Å². The van der Waals surface area contributed by atoms with E-state index in [1.807, 2.05) is 30.3 Å². The molecule has 1 saturated heterocycles. The van der Waals surface area contributed by atoms with Crippen LogP contribution in [0.1, 0.15) is 30.8 Å². The normalized spacial score (nSPS) is 20.7. The fourth-order valence-electron chi connectivity index (χ4n) is 3.76. The van der Waals surface area contributed by atoms with Gasteiger partial charge < -0.3 is 15.0 Å². The van der Waals surface area contributed by atoms with Crippen LogP contribution in [0.25, 0.3) is 5.69 Å². The van der Waals surface area contributed by atoms with Crippen molar-refractivity contribution < 1.29 is 9.53 Å². The lowest BCUT2D eigenvalue weighted by Gasteiger charge is -2.34. The van der Waals surface area contributed by atoms with Crippen LogP contribution >= 0.6 is 0 Å². The maximum atomic E-state index is 12.6. The lowest BCUT2D eigenvalue weighted by atomic mass is 9.92. The Morgan fingerprint density at radius 3 is 2.58 bits per heavy atom. The number of nitrogens with zero attached hydrogens (tertiary/aromatic N) is 3. The van der Waals surface area contributed by atoms with E-state index in [1.54, 1.807) is 18.0 Å². The van der Waals surface area contributed by atoms with Gasteiger partial charge in [-0.05, 0) is 30.4 Å². The molecule has 1 aliphatic rings. The SMILES string of the molecule is COc1cn(-c2ccccc2)nc1C(=O)NCCN1C[C@@H](C)C[C@H](C)C1. The fraction of sp³-hybridized carbons (Fsp3) is 0.500. The number of nitrogens with one attached hydrogen (secondary N) is 1. The first-order valence-corrected chi connectivity index (χ1v) is 9.26. The van der Waals surface area contributed by atoms with Gasteiger partial charge >= 0.3 is 0 Å². The van der Waals surface area contributed by atoms with Crippen LogP contribution in [0.4, 0.5) is 0 Å². The Morgan fingerprint density at radius 1 is 1.23 bits per heavy atom. The molecule has 0 radical (unpaired) electrons. The Kier molecular flexibility index (Phi) is 5.93. The fourth-order valence-corrected chi connectivity index (χ4v) is 3.76. The summed E-state index contributed by atoms with van der Waals surface area (Å²) in [5.41, 5.74) is 1.21. The summed E-state index contributed by atoms with van der Waals surface area (Å²) >= 11 is 0. The van der Waals surface area contributed by atoms with Gasteiger partial charge in [0.05, 0.1) is 19.0 Å². The average molecular weight is 356 g/mol. The molecule has 0 unspecified atom stereocenters. The molecule has 0 aliphatic carbocycles. The molecule has 2 heterocycles. The highest BCUT2D eigenvalue weighted by molar-refractivity contribution is 5.94. The molecule has 1 amide bonds. The minimum atomic E-state index is -0.199. The van der Waals surface area contributed by atoms with Crippen LogP contribution in [0.15, 0.2) is 36.5 Å². The van der Waals surface area contributed by atoms with Crippen molar-refractivity contribution in [2.24, 2.45) is 11.8 Å². The molecule has 1 aromatic heterocycles. The predicted octanol–water partition coefficient (Wildman–Crippen LogP) is 2.59. The number of hydrogen-bond acceptors (Lipinski definition) is 4. The van der Waals surface area contributed by atoms with E-state index in [4.69, 9.17) is 4.74 Å². The Bertz CT molecular complexity index is 719. The summed E-state index contributed by atoms with van der Waals surface area (Å²) < 4.78 is 7.01. The number of carbonyl (C=O) groups is 1. The van der Waals surface area contributed by atoms with E-state index in [1.165, 1.54) is 6.42 Å². The molecule has 140 valence electrons. The van der Waals surface area contributed by atoms with Crippen LogP contribution in [0.5, 0.6) is 5.75 Å². The van der Waals surface area contributed by atoms with E-state index in [0.717, 1.165) is 37.2 Å². The Morgan fingerprint density at radius 2 is 1.92 bits per heavy atom. The van der Waals surface area contributed by atoms with Gasteiger partial charge in [0, 0.05) is 26.2 Å². The molecule has 1 aliphatic heterocycles. The van der Waals surface area contributed by atoms with Gasteiger partial charge in [-0.3, -0.25) is 4.79 Å². The smallest absolute Gasteiger partial charge is 0.275 e. The molecule has 6 nitrogen and oxygen atoms in total. The third-order valence-corrected chi connectivity index (χ3v) is 4.79. The molecule has 26 heavy (non-hydrogen) atoms. The first-order valence-electron chi connectivity index (χ1n) is 9.26. The summed E-state index contributed by atoms with van der Waals surface area (Å²) in [4.78, 5) is 15.0. The number of piperidine rings is 1. The van der Waals surface area contributed by atoms with Gasteiger partial charge in [-0.25, -0.2) is 4.68 Å². The number of benzene rings is 1. The lowest BCUT2D eigenvalue weighted by molar-refractivity contribution is 0.0928. The van der Waals surface area contributed by atoms with Crippen molar-refractivity contribution in [3.05, 3.63) is 42.2 Å². The van der Waals surface area contributed by atoms with E-state index < -0.39 is 0 Å². The van der Waals surface area contributed by atoms with Crippen molar-refractivity contribution in [3.63, 3.8) is 0 Å². The highest BCUT2D eigenvalue weighted by atomic mass is 16.5. The second-order valence-electron chi connectivity index (χ2n) is 7.29. The van der Waals surface area contributed by atoms with Gasteiger partial charge in [0.15, 0.2) is 11.4 Å². The van der Waals surface area contributed by atoms with Crippen LogP contribution in [-0.2, 0) is 0 Å². The number of methoxy groups -OCH3 is 1. The van der Waals surface area contributed by atoms with Gasteiger partial charge in [0.1, 0.15) is 0 Å².